The number of amides is 1. The zero-order chi connectivity index (χ0) is 11.9. The number of carboxylic acid groups (broad SMARTS) is 2. The normalized spacial score (nSPS) is 23.1. The van der Waals surface area contributed by atoms with Crippen LogP contribution in [0.15, 0.2) is 21.6 Å². The van der Waals surface area contributed by atoms with Crippen molar-refractivity contribution in [2.24, 2.45) is 9.98 Å². The van der Waals surface area contributed by atoms with E-state index in [1.54, 1.807) is 0 Å². The number of aliphatic carboxylic acids is 1. The maximum absolute atomic E-state index is 11.1. The van der Waals surface area contributed by atoms with E-state index in [0.29, 0.717) is 0 Å². The van der Waals surface area contributed by atoms with Crippen molar-refractivity contribution in [1.82, 2.24) is 0 Å². The van der Waals surface area contributed by atoms with Crippen LogP contribution in [0.25, 0.3) is 0 Å². The van der Waals surface area contributed by atoms with Crippen LogP contribution < -0.4 is 0 Å². The van der Waals surface area contributed by atoms with Crippen molar-refractivity contribution in [3.63, 3.8) is 0 Å². The number of carbonyl (C=O) groups is 3. The highest BCUT2D eigenvalue weighted by atomic mass is 32.2. The highest BCUT2D eigenvalue weighted by Crippen LogP contribution is 2.21. The van der Waals surface area contributed by atoms with Gasteiger partial charge in [-0.2, -0.15) is 9.79 Å². The standard InChI is InChI=1S/C8H4N2O5S/c11-4-1-3(7(12)13)5-6(10-4)16(2-9-5)8(14)15/h1H,2H2,(H-,12,13,14,15)/p+1. The smallest absolute Gasteiger partial charge is 0.478 e. The molecule has 0 aromatic rings. The SMILES string of the molecule is O=C1C=C(C(=O)O)C2=NC[S+](C(=O)O)C2=N1. The minimum Gasteiger partial charge on any atom is -0.478 e. The van der Waals surface area contributed by atoms with Gasteiger partial charge < -0.3 is 10.2 Å². The summed E-state index contributed by atoms with van der Waals surface area (Å²) in [5.41, 5.74) is -0.274. The molecule has 0 bridgehead atoms. The second kappa shape index (κ2) is 3.56. The first-order valence-corrected chi connectivity index (χ1v) is 5.46. The largest absolute Gasteiger partial charge is 0.532 e. The minimum absolute atomic E-state index is 0.0119. The molecule has 1 atom stereocenters. The zero-order valence-corrected chi connectivity index (χ0v) is 8.52. The molecule has 7 nitrogen and oxygen atoms in total. The van der Waals surface area contributed by atoms with E-state index >= 15 is 0 Å². The monoisotopic (exact) mass is 241 g/mol. The Labute approximate surface area is 91.5 Å². The Morgan fingerprint density at radius 2 is 2.06 bits per heavy atom. The molecule has 8 heteroatoms. The van der Waals surface area contributed by atoms with Gasteiger partial charge in [-0.25, -0.2) is 9.79 Å². The van der Waals surface area contributed by atoms with Crippen molar-refractivity contribution in [2.75, 3.05) is 5.88 Å². The molecule has 0 saturated heterocycles. The number of rotatable bonds is 1. The minimum atomic E-state index is -1.32. The molecule has 2 aliphatic heterocycles. The third-order valence-electron chi connectivity index (χ3n) is 1.96. The number of nitrogens with zero attached hydrogens (tertiary/aromatic N) is 2. The van der Waals surface area contributed by atoms with Gasteiger partial charge in [0.1, 0.15) is 0 Å². The Morgan fingerprint density at radius 3 is 2.62 bits per heavy atom. The molecular formula is C8H5N2O5S+. The quantitative estimate of drug-likeness (QED) is 0.608. The fourth-order valence-electron chi connectivity index (χ4n) is 1.31. The molecule has 1 amide bonds. The van der Waals surface area contributed by atoms with Gasteiger partial charge in [-0.15, -0.1) is 0 Å². The first kappa shape index (κ1) is 10.6. The third kappa shape index (κ3) is 1.52. The maximum atomic E-state index is 11.1. The van der Waals surface area contributed by atoms with Crippen molar-refractivity contribution < 1.29 is 24.6 Å². The highest BCUT2D eigenvalue weighted by Gasteiger charge is 2.48. The lowest BCUT2D eigenvalue weighted by Gasteiger charge is -2.04. The Hall–Kier alpha value is -1.96. The number of hydrogen-bond donors (Lipinski definition) is 2. The topological polar surface area (TPSA) is 116 Å². The summed E-state index contributed by atoms with van der Waals surface area (Å²) < 4.78 is 0. The summed E-state index contributed by atoms with van der Waals surface area (Å²) in [7, 11) is -1.32. The second-order valence-corrected chi connectivity index (χ2v) is 4.69. The Balaban J connectivity index is 2.45. The van der Waals surface area contributed by atoms with Crippen LogP contribution in [0.1, 0.15) is 0 Å². The van der Waals surface area contributed by atoms with Crippen LogP contribution in [0.5, 0.6) is 0 Å². The van der Waals surface area contributed by atoms with Crippen LogP contribution in [0.4, 0.5) is 4.79 Å². The molecule has 16 heavy (non-hydrogen) atoms. The summed E-state index contributed by atoms with van der Waals surface area (Å²) in [6, 6.07) is 0. The zero-order valence-electron chi connectivity index (χ0n) is 7.71. The molecule has 0 aromatic heterocycles. The number of carboxylic acids is 1. The molecular weight excluding hydrogens is 236 g/mol. The molecule has 2 heterocycles. The second-order valence-electron chi connectivity index (χ2n) is 2.91. The van der Waals surface area contributed by atoms with E-state index < -0.39 is 28.1 Å². The average Bonchev–Trinajstić information content (AvgIpc) is 2.59. The van der Waals surface area contributed by atoms with Crippen molar-refractivity contribution >= 4 is 38.8 Å². The molecule has 1 unspecified atom stereocenters. The molecule has 2 aliphatic rings. The summed E-state index contributed by atoms with van der Waals surface area (Å²) in [4.78, 5) is 40.1. The first-order chi connectivity index (χ1) is 7.50. The number of hydrogen-bond acceptors (Lipinski definition) is 4. The molecule has 0 fully saturated rings. The predicted octanol–water partition coefficient (Wildman–Crippen LogP) is -0.355. The van der Waals surface area contributed by atoms with E-state index in [0.717, 1.165) is 6.08 Å². The van der Waals surface area contributed by atoms with E-state index in [4.69, 9.17) is 10.2 Å². The van der Waals surface area contributed by atoms with Crippen LogP contribution in [0.2, 0.25) is 0 Å². The van der Waals surface area contributed by atoms with E-state index in [1.165, 1.54) is 0 Å². The van der Waals surface area contributed by atoms with Gasteiger partial charge in [0.05, 0.1) is 5.57 Å². The molecule has 0 saturated carbocycles. The van der Waals surface area contributed by atoms with Crippen LogP contribution in [0, 0.1) is 0 Å². The highest BCUT2D eigenvalue weighted by molar-refractivity contribution is 8.25. The maximum Gasteiger partial charge on any atom is 0.532 e. The lowest BCUT2D eigenvalue weighted by Crippen LogP contribution is -2.31. The summed E-state index contributed by atoms with van der Waals surface area (Å²) in [5, 5.41) is 16.5. The molecule has 0 aliphatic carbocycles. The van der Waals surface area contributed by atoms with Crippen LogP contribution >= 0.6 is 0 Å². The Kier molecular flexibility index (Phi) is 2.35. The van der Waals surface area contributed by atoms with Crippen molar-refractivity contribution in [3.05, 3.63) is 11.6 Å². The summed E-state index contributed by atoms with van der Waals surface area (Å²) in [6.45, 7) is 0. The van der Waals surface area contributed by atoms with Crippen LogP contribution in [-0.2, 0) is 20.5 Å². The number of aliphatic imine (C=N–C) groups is 2. The van der Waals surface area contributed by atoms with Crippen molar-refractivity contribution in [1.29, 1.82) is 0 Å². The Morgan fingerprint density at radius 1 is 1.38 bits per heavy atom. The lowest BCUT2D eigenvalue weighted by atomic mass is 10.1. The van der Waals surface area contributed by atoms with Gasteiger partial charge in [0, 0.05) is 6.08 Å². The van der Waals surface area contributed by atoms with Gasteiger partial charge in [0.15, 0.2) is 16.6 Å². The van der Waals surface area contributed by atoms with E-state index in [9.17, 15) is 14.4 Å². The van der Waals surface area contributed by atoms with Crippen molar-refractivity contribution in [2.45, 2.75) is 0 Å². The Bertz CT molecular complexity index is 505. The average molecular weight is 241 g/mol. The van der Waals surface area contributed by atoms with Gasteiger partial charge in [-0.3, -0.25) is 4.79 Å². The van der Waals surface area contributed by atoms with Gasteiger partial charge in [0.2, 0.25) is 5.88 Å². The molecule has 0 radical (unpaired) electrons. The molecule has 2 rings (SSSR count). The predicted molar refractivity (Wildman–Crippen MR) is 55.9 cm³/mol. The lowest BCUT2D eigenvalue weighted by molar-refractivity contribution is -0.132. The number of fused-ring (bicyclic) bond motifs is 1. The fourth-order valence-corrected chi connectivity index (χ4v) is 2.57. The number of carbonyl (C=O) groups excluding carboxylic acids is 1. The van der Waals surface area contributed by atoms with E-state index in [1.807, 2.05) is 0 Å². The van der Waals surface area contributed by atoms with Gasteiger partial charge >= 0.3 is 11.3 Å². The summed E-state index contributed by atoms with van der Waals surface area (Å²) in [5.74, 6) is -2.12. The molecule has 82 valence electrons. The van der Waals surface area contributed by atoms with Gasteiger partial charge in [0.25, 0.3) is 11.0 Å². The molecule has 2 N–H and O–H groups in total. The van der Waals surface area contributed by atoms with Gasteiger partial charge in [-0.05, 0) is 0 Å². The molecule has 0 spiro atoms. The van der Waals surface area contributed by atoms with Crippen LogP contribution in [0.3, 0.4) is 0 Å². The van der Waals surface area contributed by atoms with E-state index in [-0.39, 0.29) is 22.2 Å². The van der Waals surface area contributed by atoms with Crippen LogP contribution in [-0.4, -0.2) is 44.0 Å². The molecule has 0 aromatic carbocycles. The first-order valence-electron chi connectivity index (χ1n) is 4.07. The fraction of sp³-hybridized carbons (Fsp3) is 0.125. The van der Waals surface area contributed by atoms with E-state index in [2.05, 4.69) is 9.98 Å². The number of dihydropyridines is 1. The summed E-state index contributed by atoms with van der Waals surface area (Å²) >= 11 is 0. The van der Waals surface area contributed by atoms with Crippen molar-refractivity contribution in [3.8, 4) is 0 Å². The summed E-state index contributed by atoms with van der Waals surface area (Å²) in [6.07, 6.45) is 0.847. The van der Waals surface area contributed by atoms with Gasteiger partial charge in [-0.1, -0.05) is 0 Å². The third-order valence-corrected chi connectivity index (χ3v) is 3.52.